The van der Waals surface area contributed by atoms with Crippen molar-refractivity contribution in [2.24, 2.45) is 0 Å². The van der Waals surface area contributed by atoms with Crippen molar-refractivity contribution in [2.75, 3.05) is 6.54 Å². The Balaban J connectivity index is 2.11. The SMILES string of the molecule is C[C@H](NC(=O)OC(CNC(C)(C)C)c1cc(O)cc(O)c1)c1ccccc1. The summed E-state index contributed by atoms with van der Waals surface area (Å²) < 4.78 is 5.60. The Labute approximate surface area is 160 Å². The van der Waals surface area contributed by atoms with Crippen molar-refractivity contribution < 1.29 is 19.7 Å². The Hall–Kier alpha value is -2.73. The van der Waals surface area contributed by atoms with Crippen LogP contribution in [0.4, 0.5) is 4.79 Å². The number of benzene rings is 2. The van der Waals surface area contributed by atoms with Crippen LogP contribution in [0.25, 0.3) is 0 Å². The second-order valence-corrected chi connectivity index (χ2v) is 7.58. The number of nitrogens with one attached hydrogen (secondary N) is 2. The van der Waals surface area contributed by atoms with Crippen LogP contribution in [0.3, 0.4) is 0 Å². The molecule has 0 fully saturated rings. The number of amides is 1. The maximum absolute atomic E-state index is 12.4. The molecule has 1 unspecified atom stereocenters. The van der Waals surface area contributed by atoms with E-state index in [-0.39, 0.29) is 23.1 Å². The second kappa shape index (κ2) is 8.77. The third kappa shape index (κ3) is 6.83. The molecule has 0 heterocycles. The molecule has 146 valence electrons. The van der Waals surface area contributed by atoms with E-state index in [1.165, 1.54) is 18.2 Å². The van der Waals surface area contributed by atoms with Gasteiger partial charge in [-0.3, -0.25) is 0 Å². The lowest BCUT2D eigenvalue weighted by molar-refractivity contribution is 0.0898. The summed E-state index contributed by atoms with van der Waals surface area (Å²) in [4.78, 5) is 12.4. The Kier molecular flexibility index (Phi) is 6.69. The van der Waals surface area contributed by atoms with Crippen LogP contribution in [0.2, 0.25) is 0 Å². The molecule has 2 aromatic carbocycles. The van der Waals surface area contributed by atoms with E-state index in [9.17, 15) is 15.0 Å². The predicted octanol–water partition coefficient (Wildman–Crippen LogP) is 4.01. The van der Waals surface area contributed by atoms with Crippen molar-refractivity contribution >= 4 is 6.09 Å². The largest absolute Gasteiger partial charge is 0.508 e. The fourth-order valence-electron chi connectivity index (χ4n) is 2.60. The van der Waals surface area contributed by atoms with Crippen molar-refractivity contribution in [3.8, 4) is 11.5 Å². The van der Waals surface area contributed by atoms with E-state index in [0.29, 0.717) is 12.1 Å². The van der Waals surface area contributed by atoms with Gasteiger partial charge in [0.15, 0.2) is 0 Å². The molecule has 4 N–H and O–H groups in total. The van der Waals surface area contributed by atoms with Gasteiger partial charge in [-0.1, -0.05) is 30.3 Å². The van der Waals surface area contributed by atoms with Crippen LogP contribution < -0.4 is 10.6 Å². The first-order valence-corrected chi connectivity index (χ1v) is 8.94. The molecule has 0 spiro atoms. The zero-order valence-electron chi connectivity index (χ0n) is 16.2. The van der Waals surface area contributed by atoms with Crippen molar-refractivity contribution in [3.05, 3.63) is 59.7 Å². The van der Waals surface area contributed by atoms with Crippen LogP contribution in [0.15, 0.2) is 48.5 Å². The Morgan fingerprint density at radius 2 is 1.63 bits per heavy atom. The second-order valence-electron chi connectivity index (χ2n) is 7.58. The zero-order valence-corrected chi connectivity index (χ0v) is 16.2. The van der Waals surface area contributed by atoms with E-state index in [0.717, 1.165) is 5.56 Å². The van der Waals surface area contributed by atoms with Gasteiger partial charge in [0, 0.05) is 23.7 Å². The van der Waals surface area contributed by atoms with Crippen LogP contribution in [-0.2, 0) is 4.74 Å². The van der Waals surface area contributed by atoms with E-state index < -0.39 is 12.2 Å². The van der Waals surface area contributed by atoms with Crippen LogP contribution in [-0.4, -0.2) is 28.4 Å². The van der Waals surface area contributed by atoms with Crippen molar-refractivity contribution in [2.45, 2.75) is 45.4 Å². The average Bonchev–Trinajstić information content (AvgIpc) is 2.57. The number of alkyl carbamates (subject to hydrolysis) is 1. The summed E-state index contributed by atoms with van der Waals surface area (Å²) in [5.41, 5.74) is 1.29. The van der Waals surface area contributed by atoms with Gasteiger partial charge in [-0.15, -0.1) is 0 Å². The Morgan fingerprint density at radius 3 is 2.19 bits per heavy atom. The molecule has 0 aliphatic carbocycles. The third-order valence-corrected chi connectivity index (χ3v) is 4.00. The maximum atomic E-state index is 12.4. The monoisotopic (exact) mass is 372 g/mol. The number of carbonyl (C=O) groups is 1. The third-order valence-electron chi connectivity index (χ3n) is 4.00. The molecule has 0 saturated heterocycles. The molecule has 0 radical (unpaired) electrons. The molecule has 0 aromatic heterocycles. The molecule has 2 atom stereocenters. The highest BCUT2D eigenvalue weighted by molar-refractivity contribution is 5.68. The number of phenolic OH excluding ortho intramolecular Hbond substituents is 2. The smallest absolute Gasteiger partial charge is 0.408 e. The minimum atomic E-state index is -0.676. The van der Waals surface area contributed by atoms with Crippen LogP contribution in [0.1, 0.15) is 51.0 Å². The summed E-state index contributed by atoms with van der Waals surface area (Å²) in [5.74, 6) is -0.181. The molecule has 2 rings (SSSR count). The Bertz CT molecular complexity index is 736. The van der Waals surface area contributed by atoms with Gasteiger partial charge in [0.1, 0.15) is 17.6 Å². The van der Waals surface area contributed by atoms with E-state index in [1.807, 2.05) is 58.0 Å². The first-order chi connectivity index (χ1) is 12.6. The number of aromatic hydroxyl groups is 2. The number of ether oxygens (including phenoxy) is 1. The lowest BCUT2D eigenvalue weighted by atomic mass is 10.1. The minimum absolute atomic E-state index is 0.0904. The molecule has 27 heavy (non-hydrogen) atoms. The molecular weight excluding hydrogens is 344 g/mol. The predicted molar refractivity (Wildman–Crippen MR) is 105 cm³/mol. The minimum Gasteiger partial charge on any atom is -0.508 e. The molecule has 2 aromatic rings. The van der Waals surface area contributed by atoms with Gasteiger partial charge < -0.3 is 25.6 Å². The van der Waals surface area contributed by atoms with Gasteiger partial charge in [0.05, 0.1) is 6.04 Å². The van der Waals surface area contributed by atoms with Crippen LogP contribution >= 0.6 is 0 Å². The highest BCUT2D eigenvalue weighted by Crippen LogP contribution is 2.27. The molecule has 6 nitrogen and oxygen atoms in total. The molecule has 0 saturated carbocycles. The topological polar surface area (TPSA) is 90.8 Å². The van der Waals surface area contributed by atoms with Crippen LogP contribution in [0, 0.1) is 0 Å². The molecule has 0 aliphatic heterocycles. The average molecular weight is 372 g/mol. The van der Waals surface area contributed by atoms with Gasteiger partial charge in [-0.05, 0) is 45.4 Å². The van der Waals surface area contributed by atoms with Gasteiger partial charge in [0.25, 0.3) is 0 Å². The van der Waals surface area contributed by atoms with Crippen molar-refractivity contribution in [1.29, 1.82) is 0 Å². The summed E-state index contributed by atoms with van der Waals surface area (Å²) in [5, 5.41) is 25.6. The zero-order chi connectivity index (χ0) is 20.0. The van der Waals surface area contributed by atoms with Crippen molar-refractivity contribution in [3.63, 3.8) is 0 Å². The fourth-order valence-corrected chi connectivity index (χ4v) is 2.60. The first kappa shape index (κ1) is 20.6. The lowest BCUT2D eigenvalue weighted by Gasteiger charge is -2.26. The maximum Gasteiger partial charge on any atom is 0.408 e. The first-order valence-electron chi connectivity index (χ1n) is 8.94. The summed E-state index contributed by atoms with van der Waals surface area (Å²) in [6.07, 6.45) is -1.25. The van der Waals surface area contributed by atoms with Crippen molar-refractivity contribution in [1.82, 2.24) is 10.6 Å². The molecule has 6 heteroatoms. The van der Waals surface area contributed by atoms with E-state index >= 15 is 0 Å². The highest BCUT2D eigenvalue weighted by atomic mass is 16.6. The molecule has 1 amide bonds. The number of hydrogen-bond acceptors (Lipinski definition) is 5. The van der Waals surface area contributed by atoms with E-state index in [4.69, 9.17) is 4.74 Å². The number of carbonyl (C=O) groups excluding carboxylic acids is 1. The van der Waals surface area contributed by atoms with Gasteiger partial charge in [-0.25, -0.2) is 4.79 Å². The summed E-state index contributed by atoms with van der Waals surface area (Å²) in [6, 6.07) is 13.5. The van der Waals surface area contributed by atoms with Gasteiger partial charge in [0.2, 0.25) is 0 Å². The quantitative estimate of drug-likeness (QED) is 0.615. The fraction of sp³-hybridized carbons (Fsp3) is 0.381. The highest BCUT2D eigenvalue weighted by Gasteiger charge is 2.22. The van der Waals surface area contributed by atoms with Gasteiger partial charge in [-0.2, -0.15) is 0 Å². The lowest BCUT2D eigenvalue weighted by Crippen LogP contribution is -2.40. The Morgan fingerprint density at radius 1 is 1.04 bits per heavy atom. The summed E-state index contributed by atoms with van der Waals surface area (Å²) in [6.45, 7) is 8.21. The van der Waals surface area contributed by atoms with Crippen LogP contribution in [0.5, 0.6) is 11.5 Å². The normalized spacial score (nSPS) is 13.6. The number of phenols is 2. The van der Waals surface area contributed by atoms with E-state index in [1.54, 1.807) is 0 Å². The summed E-state index contributed by atoms with van der Waals surface area (Å²) >= 11 is 0. The molecule has 0 aliphatic rings. The van der Waals surface area contributed by atoms with E-state index in [2.05, 4.69) is 10.6 Å². The number of hydrogen-bond donors (Lipinski definition) is 4. The molecular formula is C21H28N2O4. The standard InChI is InChI=1S/C21H28N2O4/c1-14(15-8-6-5-7-9-15)23-20(26)27-19(13-22-21(2,3)4)16-10-17(24)12-18(25)11-16/h5-12,14,19,22,24-25H,13H2,1-4H3,(H,23,26)/t14-,19?/m0/s1. The molecule has 0 bridgehead atoms. The summed E-state index contributed by atoms with van der Waals surface area (Å²) in [7, 11) is 0. The number of rotatable bonds is 6. The van der Waals surface area contributed by atoms with Gasteiger partial charge >= 0.3 is 6.09 Å².